The maximum Gasteiger partial charge on any atom is 0.407 e. The van der Waals surface area contributed by atoms with E-state index in [4.69, 9.17) is 4.74 Å². The van der Waals surface area contributed by atoms with Crippen molar-refractivity contribution in [3.8, 4) is 0 Å². The first-order valence-corrected chi connectivity index (χ1v) is 7.05. The first-order chi connectivity index (χ1) is 9.83. The van der Waals surface area contributed by atoms with Gasteiger partial charge in [0.1, 0.15) is 5.60 Å². The normalized spacial score (nSPS) is 19.2. The van der Waals surface area contributed by atoms with Gasteiger partial charge in [-0.2, -0.15) is 0 Å². The Morgan fingerprint density at radius 2 is 2.10 bits per heavy atom. The highest BCUT2D eigenvalue weighted by Crippen LogP contribution is 2.16. The Kier molecular flexibility index (Phi) is 4.59. The number of nitrogens with zero attached hydrogens (tertiary/aromatic N) is 3. The van der Waals surface area contributed by atoms with E-state index in [1.165, 1.54) is 0 Å². The number of aromatic nitrogens is 2. The minimum Gasteiger partial charge on any atom is -0.444 e. The number of nitrogens with one attached hydrogen (secondary N) is 1. The fraction of sp³-hybridized carbons (Fsp3) is 0.643. The molecule has 21 heavy (non-hydrogen) atoms. The maximum absolute atomic E-state index is 12.8. The van der Waals surface area contributed by atoms with Crippen LogP contribution in [0.4, 0.5) is 15.1 Å². The van der Waals surface area contributed by atoms with Crippen molar-refractivity contribution in [3.63, 3.8) is 0 Å². The van der Waals surface area contributed by atoms with E-state index < -0.39 is 17.5 Å². The van der Waals surface area contributed by atoms with Gasteiger partial charge in [0.2, 0.25) is 5.95 Å². The monoisotopic (exact) mass is 296 g/mol. The lowest BCUT2D eigenvalue weighted by atomic mass is 10.1. The minimum absolute atomic E-state index is 0.0257. The molecule has 0 spiro atoms. The van der Waals surface area contributed by atoms with Gasteiger partial charge in [-0.15, -0.1) is 0 Å². The van der Waals surface area contributed by atoms with Crippen LogP contribution in [0.3, 0.4) is 0 Å². The molecule has 6 nitrogen and oxygen atoms in total. The average molecular weight is 296 g/mol. The van der Waals surface area contributed by atoms with Gasteiger partial charge in [0.15, 0.2) is 5.82 Å². The number of piperidine rings is 1. The van der Waals surface area contributed by atoms with Crippen molar-refractivity contribution in [3.05, 3.63) is 18.2 Å². The molecule has 1 amide bonds. The van der Waals surface area contributed by atoms with Crippen LogP contribution < -0.4 is 10.2 Å². The van der Waals surface area contributed by atoms with Crippen molar-refractivity contribution < 1.29 is 13.9 Å². The fourth-order valence-corrected chi connectivity index (χ4v) is 2.22. The number of hydrogen-bond donors (Lipinski definition) is 1. The van der Waals surface area contributed by atoms with E-state index in [0.717, 1.165) is 31.8 Å². The predicted octanol–water partition coefficient (Wildman–Crippen LogP) is 2.11. The zero-order valence-electron chi connectivity index (χ0n) is 12.6. The molecular weight excluding hydrogens is 275 g/mol. The third kappa shape index (κ3) is 4.84. The van der Waals surface area contributed by atoms with E-state index >= 15 is 0 Å². The first kappa shape index (κ1) is 15.5. The Balaban J connectivity index is 1.91. The quantitative estimate of drug-likeness (QED) is 0.905. The molecule has 0 saturated carbocycles. The van der Waals surface area contributed by atoms with Gasteiger partial charge in [-0.25, -0.2) is 19.2 Å². The van der Waals surface area contributed by atoms with Gasteiger partial charge in [-0.3, -0.25) is 0 Å². The fourth-order valence-electron chi connectivity index (χ4n) is 2.22. The molecule has 0 aliphatic carbocycles. The van der Waals surface area contributed by atoms with Crippen molar-refractivity contribution in [2.45, 2.75) is 45.3 Å². The zero-order chi connectivity index (χ0) is 15.5. The summed E-state index contributed by atoms with van der Waals surface area (Å²) >= 11 is 0. The van der Waals surface area contributed by atoms with Crippen LogP contribution in [0.2, 0.25) is 0 Å². The summed E-state index contributed by atoms with van der Waals surface area (Å²) in [7, 11) is 0. The van der Waals surface area contributed by atoms with Crippen LogP contribution in [0.15, 0.2) is 12.4 Å². The van der Waals surface area contributed by atoms with E-state index in [2.05, 4.69) is 15.3 Å². The molecule has 2 rings (SSSR count). The summed E-state index contributed by atoms with van der Waals surface area (Å²) in [4.78, 5) is 21.7. The number of carbonyl (C=O) groups is 1. The molecule has 1 aromatic heterocycles. The molecule has 1 aromatic rings. The largest absolute Gasteiger partial charge is 0.444 e. The lowest BCUT2D eigenvalue weighted by Crippen LogP contribution is -2.49. The van der Waals surface area contributed by atoms with Crippen molar-refractivity contribution in [2.75, 3.05) is 18.0 Å². The van der Waals surface area contributed by atoms with Crippen molar-refractivity contribution >= 4 is 12.0 Å². The molecule has 0 radical (unpaired) electrons. The lowest BCUT2D eigenvalue weighted by Gasteiger charge is -2.33. The Hall–Kier alpha value is -1.92. The van der Waals surface area contributed by atoms with Gasteiger partial charge in [-0.05, 0) is 33.6 Å². The van der Waals surface area contributed by atoms with Crippen LogP contribution in [0, 0.1) is 5.82 Å². The summed E-state index contributed by atoms with van der Waals surface area (Å²) in [5, 5.41) is 2.85. The van der Waals surface area contributed by atoms with E-state index in [1.54, 1.807) is 0 Å². The molecule has 1 fully saturated rings. The van der Waals surface area contributed by atoms with E-state index in [1.807, 2.05) is 25.7 Å². The average Bonchev–Trinajstić information content (AvgIpc) is 2.37. The predicted molar refractivity (Wildman–Crippen MR) is 76.6 cm³/mol. The number of amides is 1. The van der Waals surface area contributed by atoms with Crippen LogP contribution in [0.1, 0.15) is 33.6 Å². The number of hydrogen-bond acceptors (Lipinski definition) is 5. The molecule has 7 heteroatoms. The van der Waals surface area contributed by atoms with Crippen molar-refractivity contribution in [1.82, 2.24) is 15.3 Å². The SMILES string of the molecule is CC(C)(C)OC(=O)NC1CCCN(c2ncc(F)cn2)C1. The van der Waals surface area contributed by atoms with Crippen molar-refractivity contribution in [1.29, 1.82) is 0 Å². The second-order valence-corrected chi connectivity index (χ2v) is 6.13. The van der Waals surface area contributed by atoms with Crippen LogP contribution >= 0.6 is 0 Å². The van der Waals surface area contributed by atoms with Gasteiger partial charge in [0.25, 0.3) is 0 Å². The molecule has 2 heterocycles. The lowest BCUT2D eigenvalue weighted by molar-refractivity contribution is 0.0500. The van der Waals surface area contributed by atoms with E-state index in [0.29, 0.717) is 12.5 Å². The standard InChI is InChI=1S/C14H21FN4O2/c1-14(2,3)21-13(20)18-11-5-4-6-19(9-11)12-16-7-10(15)8-17-12/h7-8,11H,4-6,9H2,1-3H3,(H,18,20). The van der Waals surface area contributed by atoms with Crippen LogP contribution in [0.5, 0.6) is 0 Å². The molecule has 1 N–H and O–H groups in total. The Labute approximate surface area is 123 Å². The summed E-state index contributed by atoms with van der Waals surface area (Å²) < 4.78 is 18.1. The number of halogens is 1. The van der Waals surface area contributed by atoms with Crippen LogP contribution in [0.25, 0.3) is 0 Å². The molecule has 0 bridgehead atoms. The summed E-state index contributed by atoms with van der Waals surface area (Å²) in [6, 6.07) is -0.0257. The smallest absolute Gasteiger partial charge is 0.407 e. The number of carbonyl (C=O) groups excluding carboxylic acids is 1. The third-order valence-electron chi connectivity index (χ3n) is 3.03. The van der Waals surface area contributed by atoms with E-state index in [9.17, 15) is 9.18 Å². The molecule has 0 aromatic carbocycles. The van der Waals surface area contributed by atoms with E-state index in [-0.39, 0.29) is 6.04 Å². The number of ether oxygens (including phenoxy) is 1. The minimum atomic E-state index is -0.515. The molecular formula is C14H21FN4O2. The van der Waals surface area contributed by atoms with Crippen molar-refractivity contribution in [2.24, 2.45) is 0 Å². The van der Waals surface area contributed by atoms with Gasteiger partial charge >= 0.3 is 6.09 Å². The molecule has 1 aliphatic heterocycles. The summed E-state index contributed by atoms with van der Waals surface area (Å²) in [6.45, 7) is 6.85. The number of rotatable bonds is 2. The maximum atomic E-state index is 12.8. The highest BCUT2D eigenvalue weighted by molar-refractivity contribution is 5.68. The summed E-state index contributed by atoms with van der Waals surface area (Å²) in [5.74, 6) is 0.0197. The molecule has 1 saturated heterocycles. The molecule has 116 valence electrons. The summed E-state index contributed by atoms with van der Waals surface area (Å²) in [5.41, 5.74) is -0.515. The van der Waals surface area contributed by atoms with Gasteiger partial charge in [-0.1, -0.05) is 0 Å². The Morgan fingerprint density at radius 1 is 1.43 bits per heavy atom. The van der Waals surface area contributed by atoms with Crippen LogP contribution in [-0.2, 0) is 4.74 Å². The number of alkyl carbamates (subject to hydrolysis) is 1. The highest BCUT2D eigenvalue weighted by atomic mass is 19.1. The van der Waals surface area contributed by atoms with Gasteiger partial charge in [0, 0.05) is 19.1 Å². The third-order valence-corrected chi connectivity index (χ3v) is 3.03. The zero-order valence-corrected chi connectivity index (χ0v) is 12.6. The molecule has 1 atom stereocenters. The van der Waals surface area contributed by atoms with Gasteiger partial charge in [0.05, 0.1) is 12.4 Å². The van der Waals surface area contributed by atoms with Crippen LogP contribution in [-0.4, -0.2) is 40.8 Å². The summed E-state index contributed by atoms with van der Waals surface area (Å²) in [6.07, 6.45) is 3.65. The topological polar surface area (TPSA) is 67.3 Å². The molecule has 1 aliphatic rings. The Morgan fingerprint density at radius 3 is 2.71 bits per heavy atom. The number of anilines is 1. The second kappa shape index (κ2) is 6.24. The highest BCUT2D eigenvalue weighted by Gasteiger charge is 2.25. The second-order valence-electron chi connectivity index (χ2n) is 6.13. The molecule has 1 unspecified atom stereocenters. The first-order valence-electron chi connectivity index (χ1n) is 7.05. The Bertz CT molecular complexity index is 487. The van der Waals surface area contributed by atoms with Gasteiger partial charge < -0.3 is 15.0 Å².